The summed E-state index contributed by atoms with van der Waals surface area (Å²) in [5.74, 6) is 0.0315. The van der Waals surface area contributed by atoms with E-state index in [0.717, 1.165) is 5.56 Å². The lowest BCUT2D eigenvalue weighted by Crippen LogP contribution is -2.36. The van der Waals surface area contributed by atoms with Crippen molar-refractivity contribution in [3.63, 3.8) is 0 Å². The van der Waals surface area contributed by atoms with Gasteiger partial charge >= 0.3 is 0 Å². The average molecular weight is 314 g/mol. The predicted molar refractivity (Wildman–Crippen MR) is 90.6 cm³/mol. The Labute approximate surface area is 137 Å². The summed E-state index contributed by atoms with van der Waals surface area (Å²) in [5.41, 5.74) is 2.20. The van der Waals surface area contributed by atoms with Gasteiger partial charge in [0.2, 0.25) is 5.91 Å². The summed E-state index contributed by atoms with van der Waals surface area (Å²) in [6, 6.07) is 16.5. The zero-order chi connectivity index (χ0) is 16.7. The van der Waals surface area contributed by atoms with Crippen LogP contribution in [0.3, 0.4) is 0 Å². The molecule has 3 nitrogen and oxygen atoms in total. The van der Waals surface area contributed by atoms with Gasteiger partial charge < -0.3 is 5.32 Å². The number of rotatable bonds is 7. The van der Waals surface area contributed by atoms with Crippen LogP contribution in [0.2, 0.25) is 0 Å². The number of hydrogen-bond acceptors (Lipinski definition) is 2. The Balaban J connectivity index is 1.74. The van der Waals surface area contributed by atoms with E-state index in [1.807, 2.05) is 30.1 Å². The van der Waals surface area contributed by atoms with E-state index >= 15 is 0 Å². The van der Waals surface area contributed by atoms with Gasteiger partial charge in [0.25, 0.3) is 0 Å². The molecule has 2 aromatic rings. The first kappa shape index (κ1) is 17.2. The predicted octanol–water partition coefficient (Wildman–Crippen LogP) is 3.18. The van der Waals surface area contributed by atoms with Gasteiger partial charge in [-0.05, 0) is 36.2 Å². The highest BCUT2D eigenvalue weighted by Gasteiger charge is 2.10. The van der Waals surface area contributed by atoms with Crippen molar-refractivity contribution in [1.82, 2.24) is 10.2 Å². The highest BCUT2D eigenvalue weighted by molar-refractivity contribution is 5.78. The molecule has 0 radical (unpaired) electrons. The summed E-state index contributed by atoms with van der Waals surface area (Å²) >= 11 is 0. The number of halogens is 1. The minimum atomic E-state index is -0.246. The second-order valence-electron chi connectivity index (χ2n) is 5.91. The second kappa shape index (κ2) is 8.44. The van der Waals surface area contributed by atoms with Crippen molar-refractivity contribution in [2.45, 2.75) is 19.4 Å². The largest absolute Gasteiger partial charge is 0.354 e. The van der Waals surface area contributed by atoms with Crippen LogP contribution >= 0.6 is 0 Å². The van der Waals surface area contributed by atoms with Crippen molar-refractivity contribution in [1.29, 1.82) is 0 Å². The molecule has 23 heavy (non-hydrogen) atoms. The van der Waals surface area contributed by atoms with E-state index < -0.39 is 0 Å². The third-order valence-electron chi connectivity index (χ3n) is 3.75. The number of hydrogen-bond donors (Lipinski definition) is 1. The summed E-state index contributed by atoms with van der Waals surface area (Å²) < 4.78 is 12.9. The van der Waals surface area contributed by atoms with Crippen LogP contribution < -0.4 is 5.32 Å². The number of nitrogens with zero attached hydrogens (tertiary/aromatic N) is 1. The average Bonchev–Trinajstić information content (AvgIpc) is 2.55. The van der Waals surface area contributed by atoms with Crippen molar-refractivity contribution >= 4 is 5.91 Å². The van der Waals surface area contributed by atoms with E-state index in [4.69, 9.17) is 0 Å². The fraction of sp³-hybridized carbons (Fsp3) is 0.316. The van der Waals surface area contributed by atoms with Crippen molar-refractivity contribution in [3.05, 3.63) is 71.5 Å². The molecule has 4 heteroatoms. The fourth-order valence-electron chi connectivity index (χ4n) is 2.42. The van der Waals surface area contributed by atoms with Gasteiger partial charge in [-0.25, -0.2) is 4.39 Å². The van der Waals surface area contributed by atoms with Gasteiger partial charge in [-0.2, -0.15) is 0 Å². The van der Waals surface area contributed by atoms with Crippen LogP contribution in [-0.2, 0) is 11.3 Å². The van der Waals surface area contributed by atoms with Crippen molar-refractivity contribution in [2.75, 3.05) is 20.1 Å². The van der Waals surface area contributed by atoms with Crippen LogP contribution in [0.1, 0.15) is 24.0 Å². The van der Waals surface area contributed by atoms with E-state index in [1.54, 1.807) is 12.1 Å². The Morgan fingerprint density at radius 3 is 2.43 bits per heavy atom. The Hall–Kier alpha value is -2.20. The molecule has 0 aliphatic carbocycles. The number of amides is 1. The molecule has 0 spiro atoms. The molecule has 0 fully saturated rings. The second-order valence-corrected chi connectivity index (χ2v) is 5.91. The molecule has 2 aromatic carbocycles. The molecule has 1 atom stereocenters. The van der Waals surface area contributed by atoms with Crippen molar-refractivity contribution in [3.8, 4) is 0 Å². The van der Waals surface area contributed by atoms with Crippen molar-refractivity contribution < 1.29 is 9.18 Å². The lowest BCUT2D eigenvalue weighted by Gasteiger charge is -2.18. The standard InChI is InChI=1S/C19H23FN2O/c1-15(17-6-4-3-5-7-17)12-21-19(23)14-22(2)13-16-8-10-18(20)11-9-16/h3-11,15H,12-14H2,1-2H3,(H,21,23)/t15-/m1/s1. The van der Waals surface area contributed by atoms with Crippen molar-refractivity contribution in [2.24, 2.45) is 0 Å². The molecule has 0 aliphatic heterocycles. The molecule has 0 bridgehead atoms. The van der Waals surface area contributed by atoms with Gasteiger partial charge in [0.15, 0.2) is 0 Å². The maximum absolute atomic E-state index is 12.9. The first-order chi connectivity index (χ1) is 11.0. The van der Waals surface area contributed by atoms with Gasteiger partial charge in [-0.15, -0.1) is 0 Å². The van der Waals surface area contributed by atoms with Crippen LogP contribution in [0, 0.1) is 5.82 Å². The summed E-state index contributed by atoms with van der Waals surface area (Å²) in [7, 11) is 1.88. The maximum Gasteiger partial charge on any atom is 0.234 e. The molecule has 0 aliphatic rings. The Morgan fingerprint density at radius 1 is 1.13 bits per heavy atom. The Kier molecular flexibility index (Phi) is 6.29. The van der Waals surface area contributed by atoms with Crippen LogP contribution in [0.25, 0.3) is 0 Å². The molecular weight excluding hydrogens is 291 g/mol. The third-order valence-corrected chi connectivity index (χ3v) is 3.75. The van der Waals surface area contributed by atoms with Gasteiger partial charge in [0.05, 0.1) is 6.54 Å². The molecule has 1 N–H and O–H groups in total. The third kappa shape index (κ3) is 5.83. The maximum atomic E-state index is 12.9. The lowest BCUT2D eigenvalue weighted by atomic mass is 10.0. The number of carbonyl (C=O) groups is 1. The highest BCUT2D eigenvalue weighted by Crippen LogP contribution is 2.13. The lowest BCUT2D eigenvalue weighted by molar-refractivity contribution is -0.122. The fourth-order valence-corrected chi connectivity index (χ4v) is 2.42. The molecule has 0 saturated heterocycles. The van der Waals surface area contributed by atoms with Crippen LogP contribution in [-0.4, -0.2) is 30.9 Å². The molecule has 0 unspecified atom stereocenters. The SMILES string of the molecule is C[C@H](CNC(=O)CN(C)Cc1ccc(F)cc1)c1ccccc1. The molecule has 1 amide bonds. The van der Waals surface area contributed by atoms with Gasteiger partial charge in [0.1, 0.15) is 5.82 Å². The summed E-state index contributed by atoms with van der Waals surface area (Å²) in [4.78, 5) is 13.9. The van der Waals surface area contributed by atoms with Crippen LogP contribution in [0.5, 0.6) is 0 Å². The number of nitrogens with one attached hydrogen (secondary N) is 1. The van der Waals surface area contributed by atoms with Crippen LogP contribution in [0.4, 0.5) is 4.39 Å². The number of likely N-dealkylation sites (N-methyl/N-ethyl adjacent to an activating group) is 1. The molecule has 2 rings (SSSR count). The minimum absolute atomic E-state index is 0.00241. The number of benzene rings is 2. The first-order valence-corrected chi connectivity index (χ1v) is 7.79. The van der Waals surface area contributed by atoms with E-state index in [9.17, 15) is 9.18 Å². The first-order valence-electron chi connectivity index (χ1n) is 7.79. The normalized spacial score (nSPS) is 12.2. The van der Waals surface area contributed by atoms with E-state index in [2.05, 4.69) is 24.4 Å². The summed E-state index contributed by atoms with van der Waals surface area (Å²) in [6.45, 7) is 3.64. The van der Waals surface area contributed by atoms with E-state index in [1.165, 1.54) is 17.7 Å². The molecule has 122 valence electrons. The molecule has 0 saturated carbocycles. The zero-order valence-corrected chi connectivity index (χ0v) is 13.6. The highest BCUT2D eigenvalue weighted by atomic mass is 19.1. The van der Waals surface area contributed by atoms with Gasteiger partial charge in [-0.3, -0.25) is 9.69 Å². The summed E-state index contributed by atoms with van der Waals surface area (Å²) in [5, 5.41) is 2.97. The quantitative estimate of drug-likeness (QED) is 0.851. The molecular formula is C19H23FN2O. The summed E-state index contributed by atoms with van der Waals surface area (Å²) in [6.07, 6.45) is 0. The van der Waals surface area contributed by atoms with E-state index in [0.29, 0.717) is 19.6 Å². The molecule has 0 heterocycles. The van der Waals surface area contributed by atoms with Gasteiger partial charge in [-0.1, -0.05) is 49.4 Å². The zero-order valence-electron chi connectivity index (χ0n) is 13.6. The van der Waals surface area contributed by atoms with E-state index in [-0.39, 0.29) is 17.6 Å². The smallest absolute Gasteiger partial charge is 0.234 e. The van der Waals surface area contributed by atoms with Gasteiger partial charge in [0, 0.05) is 13.1 Å². The Bertz CT molecular complexity index is 613. The Morgan fingerprint density at radius 2 is 1.78 bits per heavy atom. The van der Waals surface area contributed by atoms with Crippen LogP contribution in [0.15, 0.2) is 54.6 Å². The molecule has 0 aromatic heterocycles. The minimum Gasteiger partial charge on any atom is -0.354 e. The topological polar surface area (TPSA) is 32.3 Å². The monoisotopic (exact) mass is 314 g/mol. The number of carbonyl (C=O) groups excluding carboxylic acids is 1.